The lowest BCUT2D eigenvalue weighted by Gasteiger charge is -2.19. The lowest BCUT2D eigenvalue weighted by atomic mass is 10.1. The fraction of sp³-hybridized carbons (Fsp3) is 0.556. The van der Waals surface area contributed by atoms with Crippen molar-refractivity contribution in [1.29, 1.82) is 0 Å². The number of phosphoric acid groups is 3. The molecule has 1 aromatic rings. The molecule has 6 atom stereocenters. The topological polar surface area (TPSA) is 293 Å². The second-order valence-electron chi connectivity index (χ2n) is 5.78. The molecular formula is C9H13FN5O14P3. The molecule has 2 rings (SSSR count). The van der Waals surface area contributed by atoms with Crippen LogP contribution in [0.4, 0.5) is 4.39 Å². The standard InChI is InChI=1S/C9H13FN5O14P3/c10-3-1-15(9(18)12-7(3)17)8-5(13-14-11)6(16)4(27-8)2-26-31(22,23)29-32(24,25)28-30(19,20)21/h1,4-6,8,16H,2H2,(H,22,23)(H,24,25)(H,12,17,18)(H2,19,20,21)/t4-,5?,6-,8-/m1/s1. The van der Waals surface area contributed by atoms with Gasteiger partial charge in [0.15, 0.2) is 0 Å². The highest BCUT2D eigenvalue weighted by molar-refractivity contribution is 7.66. The molecule has 1 aliphatic rings. The first-order valence-corrected chi connectivity index (χ1v) is 12.2. The number of halogens is 1. The maximum absolute atomic E-state index is 13.5. The largest absolute Gasteiger partial charge is 0.490 e. The van der Waals surface area contributed by atoms with Gasteiger partial charge in [0.25, 0.3) is 5.56 Å². The zero-order chi connectivity index (χ0) is 24.5. The predicted octanol–water partition coefficient (Wildman–Crippen LogP) is -1.04. The number of phosphoric ester groups is 1. The molecule has 0 aliphatic carbocycles. The zero-order valence-corrected chi connectivity index (χ0v) is 17.7. The minimum absolute atomic E-state index is 0.378. The summed E-state index contributed by atoms with van der Waals surface area (Å²) in [5.74, 6) is -1.45. The number of hydrogen-bond donors (Lipinski definition) is 6. The van der Waals surface area contributed by atoms with Crippen LogP contribution in [0.2, 0.25) is 0 Å². The Labute approximate surface area is 174 Å². The van der Waals surface area contributed by atoms with Gasteiger partial charge in [-0.15, -0.1) is 0 Å². The van der Waals surface area contributed by atoms with Crippen LogP contribution < -0.4 is 11.2 Å². The molecule has 1 aromatic heterocycles. The number of ether oxygens (including phenoxy) is 1. The van der Waals surface area contributed by atoms with Gasteiger partial charge in [-0.2, -0.15) is 13.0 Å². The Balaban J connectivity index is 2.20. The van der Waals surface area contributed by atoms with E-state index < -0.39 is 71.6 Å². The van der Waals surface area contributed by atoms with Gasteiger partial charge in [0, 0.05) is 4.91 Å². The molecule has 32 heavy (non-hydrogen) atoms. The lowest BCUT2D eigenvalue weighted by molar-refractivity contribution is -0.0458. The highest BCUT2D eigenvalue weighted by Crippen LogP contribution is 2.66. The third-order valence-corrected chi connectivity index (χ3v) is 7.34. The molecule has 1 fully saturated rings. The number of rotatable bonds is 9. The van der Waals surface area contributed by atoms with Gasteiger partial charge in [-0.25, -0.2) is 18.5 Å². The Morgan fingerprint density at radius 1 is 1.22 bits per heavy atom. The van der Waals surface area contributed by atoms with E-state index >= 15 is 0 Å². The number of aromatic nitrogens is 2. The van der Waals surface area contributed by atoms with E-state index in [4.69, 9.17) is 24.9 Å². The van der Waals surface area contributed by atoms with Crippen LogP contribution in [0.5, 0.6) is 0 Å². The molecule has 180 valence electrons. The van der Waals surface area contributed by atoms with Crippen molar-refractivity contribution < 1.29 is 60.6 Å². The number of hydrogen-bond acceptors (Lipinski definition) is 11. The molecule has 0 aromatic carbocycles. The summed E-state index contributed by atoms with van der Waals surface area (Å²) in [7, 11) is -17.0. The number of aliphatic hydroxyl groups excluding tert-OH is 1. The molecule has 0 bridgehead atoms. The monoisotopic (exact) mass is 527 g/mol. The molecule has 3 unspecified atom stereocenters. The first kappa shape index (κ1) is 26.5. The lowest BCUT2D eigenvalue weighted by Crippen LogP contribution is -2.38. The predicted molar refractivity (Wildman–Crippen MR) is 93.9 cm³/mol. The van der Waals surface area contributed by atoms with Gasteiger partial charge in [0.05, 0.1) is 18.9 Å². The molecule has 23 heteroatoms. The molecule has 1 saturated heterocycles. The van der Waals surface area contributed by atoms with E-state index in [0.717, 1.165) is 0 Å². The Hall–Kier alpha value is -1.75. The van der Waals surface area contributed by atoms with Crippen molar-refractivity contribution >= 4 is 23.5 Å². The van der Waals surface area contributed by atoms with Crippen LogP contribution in [0.3, 0.4) is 0 Å². The van der Waals surface area contributed by atoms with Crippen molar-refractivity contribution in [2.75, 3.05) is 6.61 Å². The zero-order valence-electron chi connectivity index (χ0n) is 15.0. The van der Waals surface area contributed by atoms with Crippen LogP contribution in [0.25, 0.3) is 10.4 Å². The number of nitrogens with one attached hydrogen (secondary N) is 1. The summed E-state index contributed by atoms with van der Waals surface area (Å²) < 4.78 is 64.1. The van der Waals surface area contributed by atoms with E-state index in [2.05, 4.69) is 23.2 Å². The summed E-state index contributed by atoms with van der Waals surface area (Å²) in [5, 5.41) is 13.4. The van der Waals surface area contributed by atoms with Crippen LogP contribution in [0, 0.1) is 5.82 Å². The number of aromatic amines is 1. The smallest absolute Gasteiger partial charge is 0.390 e. The van der Waals surface area contributed by atoms with Gasteiger partial charge in [-0.1, -0.05) is 5.11 Å². The van der Waals surface area contributed by atoms with Crippen LogP contribution in [-0.2, 0) is 31.6 Å². The molecule has 0 saturated carbocycles. The second kappa shape index (κ2) is 9.62. The highest BCUT2D eigenvalue weighted by atomic mass is 31.3. The molecule has 6 N–H and O–H groups in total. The average molecular weight is 527 g/mol. The minimum atomic E-state index is -5.80. The molecule has 19 nitrogen and oxygen atoms in total. The Kier molecular flexibility index (Phi) is 7.97. The minimum Gasteiger partial charge on any atom is -0.390 e. The molecule has 2 heterocycles. The Morgan fingerprint density at radius 3 is 2.41 bits per heavy atom. The summed E-state index contributed by atoms with van der Waals surface area (Å²) in [4.78, 5) is 62.5. The third kappa shape index (κ3) is 6.87. The van der Waals surface area contributed by atoms with E-state index in [1.165, 1.54) is 0 Å². The number of aliphatic hydroxyl groups is 1. The molecule has 0 spiro atoms. The van der Waals surface area contributed by atoms with E-state index in [1.807, 2.05) is 0 Å². The SMILES string of the molecule is [N-]=[N+]=NC1[C@H](n2cc(F)c(=O)[nH]c2=O)O[C@H](COP(=O)(O)OP(=O)(O)OP(=O)(O)O)[C@H]1O. The summed E-state index contributed by atoms with van der Waals surface area (Å²) in [6.45, 7) is -1.15. The van der Waals surface area contributed by atoms with Gasteiger partial charge in [0.1, 0.15) is 18.4 Å². The van der Waals surface area contributed by atoms with E-state index in [9.17, 15) is 37.7 Å². The van der Waals surface area contributed by atoms with Crippen LogP contribution in [0.15, 0.2) is 20.9 Å². The normalized spacial score (nSPS) is 27.3. The van der Waals surface area contributed by atoms with Gasteiger partial charge in [0.2, 0.25) is 5.82 Å². The van der Waals surface area contributed by atoms with E-state index in [1.54, 1.807) is 4.98 Å². The average Bonchev–Trinajstić information content (AvgIpc) is 2.90. The van der Waals surface area contributed by atoms with Crippen LogP contribution >= 0.6 is 23.5 Å². The maximum atomic E-state index is 13.5. The Bertz CT molecular complexity index is 1170. The van der Waals surface area contributed by atoms with Gasteiger partial charge < -0.3 is 29.4 Å². The number of azide groups is 1. The summed E-state index contributed by atoms with van der Waals surface area (Å²) in [5.41, 5.74) is 6.03. The van der Waals surface area contributed by atoms with Crippen molar-refractivity contribution in [3.05, 3.63) is 43.3 Å². The third-order valence-electron chi connectivity index (χ3n) is 3.54. The first-order valence-electron chi connectivity index (χ1n) is 7.72. The maximum Gasteiger partial charge on any atom is 0.490 e. The van der Waals surface area contributed by atoms with Crippen LogP contribution in [0.1, 0.15) is 6.23 Å². The Morgan fingerprint density at radius 2 is 1.84 bits per heavy atom. The van der Waals surface area contributed by atoms with Crippen molar-refractivity contribution in [2.45, 2.75) is 24.5 Å². The first-order chi connectivity index (χ1) is 14.6. The molecular weight excluding hydrogens is 514 g/mol. The van der Waals surface area contributed by atoms with E-state index in [-0.39, 0.29) is 0 Å². The summed E-state index contributed by atoms with van der Waals surface area (Å²) in [6, 6.07) is -1.66. The second-order valence-corrected chi connectivity index (χ2v) is 10.2. The number of nitrogens with zero attached hydrogens (tertiary/aromatic N) is 4. The van der Waals surface area contributed by atoms with Gasteiger partial charge in [-0.3, -0.25) is 18.9 Å². The van der Waals surface area contributed by atoms with Crippen molar-refractivity contribution in [3.63, 3.8) is 0 Å². The fourth-order valence-electron chi connectivity index (χ4n) is 2.40. The highest BCUT2D eigenvalue weighted by Gasteiger charge is 2.47. The van der Waals surface area contributed by atoms with Crippen molar-refractivity contribution in [1.82, 2.24) is 9.55 Å². The van der Waals surface area contributed by atoms with Crippen LogP contribution in [-0.4, -0.2) is 59.1 Å². The quantitative estimate of drug-likeness (QED) is 0.0967. The fourth-order valence-corrected chi connectivity index (χ4v) is 5.43. The van der Waals surface area contributed by atoms with Gasteiger partial charge in [-0.05, 0) is 5.53 Å². The number of H-pyrrole nitrogens is 1. The molecule has 0 amide bonds. The summed E-state index contributed by atoms with van der Waals surface area (Å²) in [6.07, 6.45) is -4.94. The van der Waals surface area contributed by atoms with Crippen molar-refractivity contribution in [3.8, 4) is 0 Å². The molecule has 0 radical (unpaired) electrons. The van der Waals surface area contributed by atoms with E-state index in [0.29, 0.717) is 10.8 Å². The van der Waals surface area contributed by atoms with Gasteiger partial charge >= 0.3 is 29.2 Å². The summed E-state index contributed by atoms with van der Waals surface area (Å²) >= 11 is 0. The molecule has 1 aliphatic heterocycles. The van der Waals surface area contributed by atoms with Crippen molar-refractivity contribution in [2.24, 2.45) is 5.11 Å².